The van der Waals surface area contributed by atoms with E-state index in [1.54, 1.807) is 0 Å². The zero-order chi connectivity index (χ0) is 13.5. The summed E-state index contributed by atoms with van der Waals surface area (Å²) in [6.45, 7) is 6.66. The van der Waals surface area contributed by atoms with Crippen LogP contribution in [0.2, 0.25) is 0 Å². The molecule has 0 aliphatic heterocycles. The fourth-order valence-electron chi connectivity index (χ4n) is 1.72. The smallest absolute Gasteiger partial charge is 0.223 e. The number of benzene rings is 1. The summed E-state index contributed by atoms with van der Waals surface area (Å²) in [5, 5.41) is 2.83. The van der Waals surface area contributed by atoms with E-state index in [0.717, 1.165) is 16.9 Å². The van der Waals surface area contributed by atoms with Gasteiger partial charge in [-0.05, 0) is 26.3 Å². The Morgan fingerprint density at radius 3 is 2.78 bits per heavy atom. The zero-order valence-electron chi connectivity index (χ0n) is 11.3. The van der Waals surface area contributed by atoms with E-state index >= 15 is 0 Å². The van der Waals surface area contributed by atoms with Gasteiger partial charge in [-0.25, -0.2) is 0 Å². The van der Waals surface area contributed by atoms with E-state index in [-0.39, 0.29) is 11.9 Å². The topological polar surface area (TPSA) is 64.3 Å². The van der Waals surface area contributed by atoms with Gasteiger partial charge in [-0.3, -0.25) is 4.79 Å². The average Bonchev–Trinajstić information content (AvgIpc) is 2.30. The van der Waals surface area contributed by atoms with Gasteiger partial charge in [0, 0.05) is 18.2 Å². The lowest BCUT2D eigenvalue weighted by Crippen LogP contribution is -2.31. The normalized spacial score (nSPS) is 10.5. The van der Waals surface area contributed by atoms with Crippen molar-refractivity contribution in [3.05, 3.63) is 29.3 Å². The van der Waals surface area contributed by atoms with E-state index in [4.69, 9.17) is 10.5 Å². The first-order valence-corrected chi connectivity index (χ1v) is 6.25. The Labute approximate surface area is 109 Å². The Morgan fingerprint density at radius 1 is 1.44 bits per heavy atom. The second-order valence-electron chi connectivity index (χ2n) is 4.59. The molecule has 4 nitrogen and oxygen atoms in total. The minimum absolute atomic E-state index is 0.00730. The van der Waals surface area contributed by atoms with Gasteiger partial charge >= 0.3 is 0 Å². The van der Waals surface area contributed by atoms with Crippen LogP contribution < -0.4 is 15.8 Å². The summed E-state index contributed by atoms with van der Waals surface area (Å²) in [7, 11) is 0. The third-order valence-corrected chi connectivity index (χ3v) is 2.54. The molecule has 4 heteroatoms. The van der Waals surface area contributed by atoms with E-state index in [1.807, 2.05) is 39.0 Å². The fourth-order valence-corrected chi connectivity index (χ4v) is 1.72. The van der Waals surface area contributed by atoms with E-state index < -0.39 is 0 Å². The van der Waals surface area contributed by atoms with Crippen molar-refractivity contribution in [1.82, 2.24) is 5.32 Å². The molecule has 0 saturated heterocycles. The van der Waals surface area contributed by atoms with Crippen LogP contribution >= 0.6 is 0 Å². The summed E-state index contributed by atoms with van der Waals surface area (Å²) in [5.74, 6) is 0.810. The molecule has 100 valence electrons. The highest BCUT2D eigenvalue weighted by Crippen LogP contribution is 2.22. The van der Waals surface area contributed by atoms with Gasteiger partial charge in [0.25, 0.3) is 0 Å². The van der Waals surface area contributed by atoms with Crippen LogP contribution in [0.1, 0.15) is 31.4 Å². The Balaban J connectivity index is 2.51. The number of hydrogen-bond acceptors (Lipinski definition) is 3. The van der Waals surface area contributed by atoms with E-state index in [9.17, 15) is 4.79 Å². The molecule has 0 heterocycles. The first kappa shape index (κ1) is 14.5. The number of aryl methyl sites for hydroxylation is 1. The molecule has 0 spiro atoms. The molecule has 0 saturated carbocycles. The van der Waals surface area contributed by atoms with Gasteiger partial charge in [0.15, 0.2) is 0 Å². The Kier molecular flexibility index (Phi) is 5.65. The minimum Gasteiger partial charge on any atom is -0.492 e. The third kappa shape index (κ3) is 4.37. The first-order chi connectivity index (χ1) is 8.54. The van der Waals surface area contributed by atoms with Crippen molar-refractivity contribution in [2.75, 3.05) is 6.61 Å². The highest BCUT2D eigenvalue weighted by atomic mass is 16.5. The summed E-state index contributed by atoms with van der Waals surface area (Å²) >= 11 is 0. The quantitative estimate of drug-likeness (QED) is 0.808. The van der Waals surface area contributed by atoms with Crippen molar-refractivity contribution in [2.24, 2.45) is 5.73 Å². The highest BCUT2D eigenvalue weighted by Gasteiger charge is 2.07. The van der Waals surface area contributed by atoms with Crippen LogP contribution in [-0.4, -0.2) is 18.6 Å². The van der Waals surface area contributed by atoms with Crippen LogP contribution in [0.25, 0.3) is 0 Å². The number of carbonyl (C=O) groups excluding carboxylic acids is 1. The number of amides is 1. The van der Waals surface area contributed by atoms with Gasteiger partial charge in [-0.2, -0.15) is 0 Å². The predicted molar refractivity (Wildman–Crippen MR) is 72.5 cm³/mol. The number of nitrogens with two attached hydrogens (primary N) is 1. The Hall–Kier alpha value is -1.55. The maximum atomic E-state index is 11.5. The summed E-state index contributed by atoms with van der Waals surface area (Å²) < 4.78 is 5.67. The molecule has 0 bridgehead atoms. The molecular weight excluding hydrogens is 228 g/mol. The second-order valence-corrected chi connectivity index (χ2v) is 4.59. The molecule has 3 N–H and O–H groups in total. The van der Waals surface area contributed by atoms with Crippen molar-refractivity contribution in [2.45, 2.75) is 39.8 Å². The number of rotatable bonds is 6. The lowest BCUT2D eigenvalue weighted by atomic mass is 10.1. The molecule has 0 radical (unpaired) electrons. The first-order valence-electron chi connectivity index (χ1n) is 6.25. The molecule has 0 aliphatic rings. The zero-order valence-corrected chi connectivity index (χ0v) is 11.3. The molecule has 18 heavy (non-hydrogen) atoms. The SMILES string of the molecule is Cc1cccc(CN)c1OCCC(=O)NC(C)C. The van der Waals surface area contributed by atoms with Crippen LogP contribution in [-0.2, 0) is 11.3 Å². The standard InChI is InChI=1S/C14H22N2O2/c1-10(2)16-13(17)7-8-18-14-11(3)5-4-6-12(14)9-15/h4-6,10H,7-9,15H2,1-3H3,(H,16,17). The third-order valence-electron chi connectivity index (χ3n) is 2.54. The molecule has 1 rings (SSSR count). The van der Waals surface area contributed by atoms with Crippen molar-refractivity contribution in [3.8, 4) is 5.75 Å². The van der Waals surface area contributed by atoms with Crippen LogP contribution in [0.4, 0.5) is 0 Å². The van der Waals surface area contributed by atoms with Gasteiger partial charge in [0.1, 0.15) is 5.75 Å². The van der Waals surface area contributed by atoms with Crippen LogP contribution in [0.3, 0.4) is 0 Å². The molecule has 1 amide bonds. The van der Waals surface area contributed by atoms with Gasteiger partial charge in [0.05, 0.1) is 13.0 Å². The number of carbonyl (C=O) groups is 1. The minimum atomic E-state index is 0.00730. The monoisotopic (exact) mass is 250 g/mol. The van der Waals surface area contributed by atoms with E-state index in [1.165, 1.54) is 0 Å². The summed E-state index contributed by atoms with van der Waals surface area (Å²) in [6.07, 6.45) is 0.358. The van der Waals surface area contributed by atoms with Crippen molar-refractivity contribution in [1.29, 1.82) is 0 Å². The average molecular weight is 250 g/mol. The lowest BCUT2D eigenvalue weighted by Gasteiger charge is -2.13. The number of hydrogen-bond donors (Lipinski definition) is 2. The van der Waals surface area contributed by atoms with E-state index in [2.05, 4.69) is 5.32 Å². The molecule has 0 fully saturated rings. The highest BCUT2D eigenvalue weighted by molar-refractivity contribution is 5.76. The van der Waals surface area contributed by atoms with Crippen molar-refractivity contribution in [3.63, 3.8) is 0 Å². The molecule has 0 aliphatic carbocycles. The van der Waals surface area contributed by atoms with Gasteiger partial charge in [-0.1, -0.05) is 18.2 Å². The number of para-hydroxylation sites is 1. The van der Waals surface area contributed by atoms with Crippen molar-refractivity contribution < 1.29 is 9.53 Å². The van der Waals surface area contributed by atoms with Gasteiger partial charge in [0.2, 0.25) is 5.91 Å². The maximum Gasteiger partial charge on any atom is 0.223 e. The molecular formula is C14H22N2O2. The lowest BCUT2D eigenvalue weighted by molar-refractivity contribution is -0.122. The largest absolute Gasteiger partial charge is 0.492 e. The molecule has 1 aromatic rings. The van der Waals surface area contributed by atoms with Crippen LogP contribution in [0.15, 0.2) is 18.2 Å². The molecule has 0 atom stereocenters. The fraction of sp³-hybridized carbons (Fsp3) is 0.500. The number of ether oxygens (including phenoxy) is 1. The maximum absolute atomic E-state index is 11.5. The van der Waals surface area contributed by atoms with Gasteiger partial charge in [-0.15, -0.1) is 0 Å². The Bertz CT molecular complexity index is 403. The summed E-state index contributed by atoms with van der Waals surface area (Å²) in [5.41, 5.74) is 7.67. The summed E-state index contributed by atoms with van der Waals surface area (Å²) in [6, 6.07) is 6.03. The number of nitrogens with one attached hydrogen (secondary N) is 1. The van der Waals surface area contributed by atoms with Gasteiger partial charge < -0.3 is 15.8 Å². The van der Waals surface area contributed by atoms with Crippen LogP contribution in [0.5, 0.6) is 5.75 Å². The molecule has 0 unspecified atom stereocenters. The molecule has 1 aromatic carbocycles. The van der Waals surface area contributed by atoms with Crippen molar-refractivity contribution >= 4 is 5.91 Å². The summed E-state index contributed by atoms with van der Waals surface area (Å²) in [4.78, 5) is 11.5. The molecule has 0 aromatic heterocycles. The predicted octanol–water partition coefficient (Wildman–Crippen LogP) is 1.75. The second kappa shape index (κ2) is 7.01. The van der Waals surface area contributed by atoms with E-state index in [0.29, 0.717) is 19.6 Å². The van der Waals surface area contributed by atoms with Crippen LogP contribution in [0, 0.1) is 6.92 Å². The Morgan fingerprint density at radius 2 is 2.17 bits per heavy atom.